The third-order valence-corrected chi connectivity index (χ3v) is 3.01. The molecule has 0 radical (unpaired) electrons. The molecule has 2 atom stereocenters. The Bertz CT molecular complexity index is 212. The zero-order valence-electron chi connectivity index (χ0n) is 11.9. The average molecular weight is 227 g/mol. The largest absolute Gasteiger partial charge is 0.376 e. The fourth-order valence-electron chi connectivity index (χ4n) is 2.34. The lowest BCUT2D eigenvalue weighted by Gasteiger charge is -2.31. The van der Waals surface area contributed by atoms with Crippen LogP contribution in [0, 0.1) is 5.92 Å². The van der Waals surface area contributed by atoms with Crippen molar-refractivity contribution in [2.24, 2.45) is 5.92 Å². The molecular formula is C14H29NO. The number of hydrogen-bond acceptors (Lipinski definition) is 2. The van der Waals surface area contributed by atoms with Gasteiger partial charge < -0.3 is 10.1 Å². The molecule has 16 heavy (non-hydrogen) atoms. The van der Waals surface area contributed by atoms with Crippen LogP contribution in [0.5, 0.6) is 0 Å². The van der Waals surface area contributed by atoms with E-state index in [9.17, 15) is 0 Å². The van der Waals surface area contributed by atoms with Crippen molar-refractivity contribution in [1.29, 1.82) is 0 Å². The summed E-state index contributed by atoms with van der Waals surface area (Å²) in [6.45, 7) is 14.0. The molecule has 0 aromatic heterocycles. The zero-order chi connectivity index (χ0) is 12.4. The van der Waals surface area contributed by atoms with Crippen LogP contribution in [0.2, 0.25) is 0 Å². The van der Waals surface area contributed by atoms with Gasteiger partial charge in [-0.1, -0.05) is 6.42 Å². The molecule has 0 heterocycles. The molecule has 1 saturated carbocycles. The summed E-state index contributed by atoms with van der Waals surface area (Å²) >= 11 is 0. The predicted octanol–water partition coefficient (Wildman–Crippen LogP) is 3.36. The first kappa shape index (κ1) is 14.0. The Kier molecular flexibility index (Phi) is 4.42. The summed E-state index contributed by atoms with van der Waals surface area (Å²) < 4.78 is 5.92. The molecule has 2 heteroatoms. The van der Waals surface area contributed by atoms with E-state index in [0.29, 0.717) is 12.0 Å². The van der Waals surface area contributed by atoms with Crippen molar-refractivity contribution in [3.8, 4) is 0 Å². The first-order valence-corrected chi connectivity index (χ1v) is 6.59. The van der Waals surface area contributed by atoms with Gasteiger partial charge in [0.1, 0.15) is 0 Å². The Morgan fingerprint density at radius 2 is 1.69 bits per heavy atom. The highest BCUT2D eigenvalue weighted by atomic mass is 16.5. The van der Waals surface area contributed by atoms with Gasteiger partial charge in [-0.25, -0.2) is 0 Å². The van der Waals surface area contributed by atoms with E-state index >= 15 is 0 Å². The van der Waals surface area contributed by atoms with Crippen molar-refractivity contribution < 1.29 is 4.74 Å². The second kappa shape index (κ2) is 5.05. The van der Waals surface area contributed by atoms with Gasteiger partial charge in [-0.15, -0.1) is 0 Å². The Hall–Kier alpha value is -0.0800. The van der Waals surface area contributed by atoms with E-state index < -0.39 is 0 Å². The number of nitrogens with one attached hydrogen (secondary N) is 1. The van der Waals surface area contributed by atoms with Crippen LogP contribution < -0.4 is 5.32 Å². The summed E-state index contributed by atoms with van der Waals surface area (Å²) in [4.78, 5) is 0. The second-order valence-corrected chi connectivity index (χ2v) is 7.12. The molecule has 0 spiro atoms. The summed E-state index contributed by atoms with van der Waals surface area (Å²) in [7, 11) is 0. The Labute approximate surface area is 101 Å². The Balaban J connectivity index is 2.41. The highest BCUT2D eigenvalue weighted by molar-refractivity contribution is 4.88. The standard InChI is InChI=1S/C14H29NO/c1-13(2,3)15-12-9-7-8-11(12)10-16-14(4,5)6/h11-12,15H,7-10H2,1-6H3. The minimum absolute atomic E-state index is 0.00509. The molecular weight excluding hydrogens is 198 g/mol. The maximum Gasteiger partial charge on any atom is 0.0598 e. The molecule has 1 aliphatic rings. The van der Waals surface area contributed by atoms with Crippen molar-refractivity contribution in [3.05, 3.63) is 0 Å². The average Bonchev–Trinajstić information content (AvgIpc) is 2.44. The predicted molar refractivity (Wildman–Crippen MR) is 69.7 cm³/mol. The van der Waals surface area contributed by atoms with E-state index in [1.54, 1.807) is 0 Å². The smallest absolute Gasteiger partial charge is 0.0598 e. The highest BCUT2D eigenvalue weighted by Crippen LogP contribution is 2.28. The lowest BCUT2D eigenvalue weighted by atomic mass is 10.00. The lowest BCUT2D eigenvalue weighted by Crippen LogP contribution is -2.46. The second-order valence-electron chi connectivity index (χ2n) is 7.12. The number of ether oxygens (including phenoxy) is 1. The van der Waals surface area contributed by atoms with Crippen LogP contribution in [0.15, 0.2) is 0 Å². The third kappa shape index (κ3) is 5.31. The zero-order valence-corrected chi connectivity index (χ0v) is 11.9. The van der Waals surface area contributed by atoms with Crippen LogP contribution in [-0.2, 0) is 4.74 Å². The van der Waals surface area contributed by atoms with Gasteiger partial charge in [-0.05, 0) is 60.3 Å². The lowest BCUT2D eigenvalue weighted by molar-refractivity contribution is -0.0260. The maximum absolute atomic E-state index is 5.92. The maximum atomic E-state index is 5.92. The van der Waals surface area contributed by atoms with Crippen LogP contribution in [0.3, 0.4) is 0 Å². The van der Waals surface area contributed by atoms with E-state index in [1.807, 2.05) is 0 Å². The van der Waals surface area contributed by atoms with E-state index in [2.05, 4.69) is 46.9 Å². The number of rotatable bonds is 3. The summed E-state index contributed by atoms with van der Waals surface area (Å²) in [5.74, 6) is 0.693. The first-order valence-electron chi connectivity index (χ1n) is 6.59. The van der Waals surface area contributed by atoms with E-state index in [4.69, 9.17) is 4.74 Å². The third-order valence-electron chi connectivity index (χ3n) is 3.01. The van der Waals surface area contributed by atoms with Gasteiger partial charge in [0.25, 0.3) is 0 Å². The molecule has 0 bridgehead atoms. The van der Waals surface area contributed by atoms with Crippen molar-refractivity contribution in [1.82, 2.24) is 5.32 Å². The van der Waals surface area contributed by atoms with E-state index in [1.165, 1.54) is 19.3 Å². The molecule has 0 amide bonds. The van der Waals surface area contributed by atoms with Gasteiger partial charge in [0.15, 0.2) is 0 Å². The van der Waals surface area contributed by atoms with Crippen molar-refractivity contribution in [3.63, 3.8) is 0 Å². The van der Waals surface area contributed by atoms with Crippen LogP contribution in [0.4, 0.5) is 0 Å². The molecule has 1 aliphatic carbocycles. The Morgan fingerprint density at radius 3 is 2.19 bits per heavy atom. The van der Waals surface area contributed by atoms with Gasteiger partial charge in [-0.3, -0.25) is 0 Å². The number of hydrogen-bond donors (Lipinski definition) is 1. The van der Waals surface area contributed by atoms with Gasteiger partial charge in [0.05, 0.1) is 12.2 Å². The quantitative estimate of drug-likeness (QED) is 0.798. The van der Waals surface area contributed by atoms with Crippen molar-refractivity contribution in [2.45, 2.75) is 78.0 Å². The molecule has 0 aromatic rings. The van der Waals surface area contributed by atoms with Crippen LogP contribution in [0.1, 0.15) is 60.8 Å². The fraction of sp³-hybridized carbons (Fsp3) is 1.00. The van der Waals surface area contributed by atoms with E-state index in [-0.39, 0.29) is 11.1 Å². The molecule has 0 aromatic carbocycles. The SMILES string of the molecule is CC(C)(C)NC1CCCC1COC(C)(C)C. The summed E-state index contributed by atoms with van der Waals surface area (Å²) in [5, 5.41) is 3.72. The van der Waals surface area contributed by atoms with Crippen LogP contribution in [0.25, 0.3) is 0 Å². The highest BCUT2D eigenvalue weighted by Gasteiger charge is 2.31. The van der Waals surface area contributed by atoms with Crippen molar-refractivity contribution >= 4 is 0 Å². The Morgan fingerprint density at radius 1 is 1.06 bits per heavy atom. The van der Waals surface area contributed by atoms with Gasteiger partial charge in [0, 0.05) is 11.6 Å². The van der Waals surface area contributed by atoms with E-state index in [0.717, 1.165) is 6.61 Å². The minimum atomic E-state index is -0.00509. The van der Waals surface area contributed by atoms with Gasteiger partial charge in [-0.2, -0.15) is 0 Å². The summed E-state index contributed by atoms with van der Waals surface area (Å²) in [5.41, 5.74) is 0.212. The molecule has 1 rings (SSSR count). The summed E-state index contributed by atoms with van der Waals surface area (Å²) in [6.07, 6.45) is 3.95. The molecule has 2 unspecified atom stereocenters. The topological polar surface area (TPSA) is 21.3 Å². The molecule has 96 valence electrons. The molecule has 1 N–H and O–H groups in total. The van der Waals surface area contributed by atoms with Gasteiger partial charge >= 0.3 is 0 Å². The fourth-order valence-corrected chi connectivity index (χ4v) is 2.34. The molecule has 0 saturated heterocycles. The van der Waals surface area contributed by atoms with Crippen LogP contribution >= 0.6 is 0 Å². The van der Waals surface area contributed by atoms with Crippen molar-refractivity contribution in [2.75, 3.05) is 6.61 Å². The monoisotopic (exact) mass is 227 g/mol. The normalized spacial score (nSPS) is 27.4. The molecule has 0 aliphatic heterocycles. The molecule has 2 nitrogen and oxygen atoms in total. The van der Waals surface area contributed by atoms with Gasteiger partial charge in [0.2, 0.25) is 0 Å². The molecule has 1 fully saturated rings. The summed E-state index contributed by atoms with van der Waals surface area (Å²) in [6, 6.07) is 0.641. The van der Waals surface area contributed by atoms with Crippen LogP contribution in [-0.4, -0.2) is 23.8 Å². The first-order chi connectivity index (χ1) is 7.17. The minimum Gasteiger partial charge on any atom is -0.376 e.